The summed E-state index contributed by atoms with van der Waals surface area (Å²) in [4.78, 5) is 29.0. The van der Waals surface area contributed by atoms with Crippen molar-refractivity contribution in [2.45, 2.75) is 32.4 Å². The predicted molar refractivity (Wildman–Crippen MR) is 122 cm³/mol. The van der Waals surface area contributed by atoms with Crippen LogP contribution in [0.3, 0.4) is 0 Å². The van der Waals surface area contributed by atoms with Crippen LogP contribution < -0.4 is 0 Å². The van der Waals surface area contributed by atoms with Crippen LogP contribution in [0.5, 0.6) is 0 Å². The lowest BCUT2D eigenvalue weighted by molar-refractivity contribution is 0.0726. The molecule has 1 unspecified atom stereocenters. The van der Waals surface area contributed by atoms with Crippen LogP contribution in [0.25, 0.3) is 21.5 Å². The van der Waals surface area contributed by atoms with Crippen LogP contribution in [-0.2, 0) is 6.61 Å². The van der Waals surface area contributed by atoms with E-state index in [1.165, 1.54) is 11.3 Å². The third-order valence-electron chi connectivity index (χ3n) is 5.64. The monoisotopic (exact) mass is 452 g/mol. The maximum Gasteiger partial charge on any atom is 0.274 e. The summed E-state index contributed by atoms with van der Waals surface area (Å²) in [6.45, 7) is 2.49. The zero-order valence-corrected chi connectivity index (χ0v) is 18.5. The normalized spacial score (nSPS) is 16.4. The molecule has 0 aliphatic carbocycles. The Bertz CT molecular complexity index is 1280. The molecule has 1 fully saturated rings. The number of imidazole rings is 1. The van der Waals surface area contributed by atoms with E-state index in [0.29, 0.717) is 17.3 Å². The van der Waals surface area contributed by atoms with Gasteiger partial charge < -0.3 is 15.0 Å². The fraction of sp³-hybridized carbons (Fsp3) is 0.261. The average molecular weight is 453 g/mol. The Hall–Kier alpha value is -2.74. The number of aryl methyl sites for hydroxylation is 1. The lowest BCUT2D eigenvalue weighted by Crippen LogP contribution is -2.31. The molecule has 6 nitrogen and oxygen atoms in total. The minimum atomic E-state index is -0.152. The highest BCUT2D eigenvalue weighted by molar-refractivity contribution is 7.15. The number of hydrogen-bond acceptors (Lipinski definition) is 5. The molecule has 5 rings (SSSR count). The van der Waals surface area contributed by atoms with Gasteiger partial charge in [0.05, 0.1) is 33.6 Å². The molecule has 1 atom stereocenters. The third kappa shape index (κ3) is 3.63. The Morgan fingerprint density at radius 1 is 1.29 bits per heavy atom. The number of H-pyrrole nitrogens is 1. The first kappa shape index (κ1) is 20.2. The van der Waals surface area contributed by atoms with Gasteiger partial charge in [-0.25, -0.2) is 9.97 Å². The lowest BCUT2D eigenvalue weighted by atomic mass is 10.1. The van der Waals surface area contributed by atoms with Crippen molar-refractivity contribution >= 4 is 39.9 Å². The van der Waals surface area contributed by atoms with Gasteiger partial charge in [0.1, 0.15) is 11.5 Å². The number of para-hydroxylation sites is 1. The molecule has 158 valence electrons. The summed E-state index contributed by atoms with van der Waals surface area (Å²) in [6, 6.07) is 13.1. The van der Waals surface area contributed by atoms with Gasteiger partial charge in [0.2, 0.25) is 0 Å². The van der Waals surface area contributed by atoms with Crippen molar-refractivity contribution in [2.24, 2.45) is 0 Å². The van der Waals surface area contributed by atoms with Crippen LogP contribution in [0.2, 0.25) is 5.02 Å². The number of nitrogens with zero attached hydrogens (tertiary/aromatic N) is 3. The smallest absolute Gasteiger partial charge is 0.274 e. The fourth-order valence-electron chi connectivity index (χ4n) is 4.22. The summed E-state index contributed by atoms with van der Waals surface area (Å²) < 4.78 is 0. The molecule has 1 aliphatic heterocycles. The Balaban J connectivity index is 1.52. The second-order valence-electron chi connectivity index (χ2n) is 7.67. The number of rotatable bonds is 4. The molecule has 0 radical (unpaired) electrons. The number of thiazole rings is 1. The van der Waals surface area contributed by atoms with Crippen molar-refractivity contribution < 1.29 is 9.90 Å². The third-order valence-corrected chi connectivity index (χ3v) is 6.89. The van der Waals surface area contributed by atoms with E-state index in [9.17, 15) is 9.90 Å². The standard InChI is InChI=1S/C23H21ClN4O2S/c1-13-25-20(21(31-13)14-5-2-7-16(24)11-14)23(30)28-10-4-9-18(28)22-26-17-8-3-6-15(12-29)19(17)27-22/h2-3,5-8,11,18,29H,4,9-10,12H2,1H3,(H,26,27). The number of aromatic amines is 1. The van der Waals surface area contributed by atoms with E-state index in [2.05, 4.69) is 9.97 Å². The van der Waals surface area contributed by atoms with Crippen molar-refractivity contribution in [3.8, 4) is 10.4 Å². The molecule has 8 heteroatoms. The maximum absolute atomic E-state index is 13.6. The fourth-order valence-corrected chi connectivity index (χ4v) is 5.32. The largest absolute Gasteiger partial charge is 0.392 e. The first-order valence-electron chi connectivity index (χ1n) is 10.2. The molecule has 31 heavy (non-hydrogen) atoms. The molecular formula is C23H21ClN4O2S. The van der Waals surface area contributed by atoms with Crippen LogP contribution >= 0.6 is 22.9 Å². The molecular weight excluding hydrogens is 432 g/mol. The van der Waals surface area contributed by atoms with E-state index in [1.54, 1.807) is 0 Å². The van der Waals surface area contributed by atoms with Crippen LogP contribution in [0, 0.1) is 6.92 Å². The van der Waals surface area contributed by atoms with Crippen molar-refractivity contribution in [3.63, 3.8) is 0 Å². The van der Waals surface area contributed by atoms with E-state index in [0.717, 1.165) is 50.7 Å². The number of aliphatic hydroxyl groups is 1. The molecule has 0 saturated carbocycles. The van der Waals surface area contributed by atoms with E-state index in [4.69, 9.17) is 16.6 Å². The molecule has 4 aromatic rings. The molecule has 2 aromatic carbocycles. The van der Waals surface area contributed by atoms with Gasteiger partial charge in [-0.1, -0.05) is 35.9 Å². The van der Waals surface area contributed by atoms with Gasteiger partial charge in [-0.2, -0.15) is 0 Å². The highest BCUT2D eigenvalue weighted by Gasteiger charge is 2.35. The number of nitrogens with one attached hydrogen (secondary N) is 1. The lowest BCUT2D eigenvalue weighted by Gasteiger charge is -2.23. The molecule has 0 spiro atoms. The molecule has 0 bridgehead atoms. The summed E-state index contributed by atoms with van der Waals surface area (Å²) in [7, 11) is 0. The van der Waals surface area contributed by atoms with Crippen LogP contribution in [-0.4, -0.2) is 37.4 Å². The number of aliphatic hydroxyl groups excluding tert-OH is 1. The summed E-state index contributed by atoms with van der Waals surface area (Å²) in [5.41, 5.74) is 3.75. The Morgan fingerprint density at radius 3 is 2.94 bits per heavy atom. The predicted octanol–water partition coefficient (Wildman–Crippen LogP) is 5.12. The van der Waals surface area contributed by atoms with E-state index >= 15 is 0 Å². The first-order chi connectivity index (χ1) is 15.0. The van der Waals surface area contributed by atoms with Gasteiger partial charge in [-0.15, -0.1) is 11.3 Å². The molecule has 1 aliphatic rings. The summed E-state index contributed by atoms with van der Waals surface area (Å²) in [6.07, 6.45) is 1.73. The van der Waals surface area contributed by atoms with Crippen molar-refractivity contribution in [1.82, 2.24) is 19.9 Å². The first-order valence-corrected chi connectivity index (χ1v) is 11.4. The average Bonchev–Trinajstić information content (AvgIpc) is 3.50. The van der Waals surface area contributed by atoms with Gasteiger partial charge in [-0.05, 0) is 43.5 Å². The number of fused-ring (bicyclic) bond motifs is 1. The van der Waals surface area contributed by atoms with E-state index in [-0.39, 0.29) is 18.6 Å². The topological polar surface area (TPSA) is 82.1 Å². The van der Waals surface area contributed by atoms with Crippen molar-refractivity contribution in [3.05, 3.63) is 69.6 Å². The zero-order valence-electron chi connectivity index (χ0n) is 16.9. The molecule has 2 N–H and O–H groups in total. The Morgan fingerprint density at radius 2 is 2.13 bits per heavy atom. The number of carbonyl (C=O) groups excluding carboxylic acids is 1. The number of carbonyl (C=O) groups is 1. The van der Waals surface area contributed by atoms with Crippen molar-refractivity contribution in [2.75, 3.05) is 6.54 Å². The second-order valence-corrected chi connectivity index (χ2v) is 9.31. The minimum Gasteiger partial charge on any atom is -0.392 e. The van der Waals surface area contributed by atoms with Crippen LogP contribution in [0.15, 0.2) is 42.5 Å². The summed E-state index contributed by atoms with van der Waals surface area (Å²) in [5.74, 6) is 0.655. The maximum atomic E-state index is 13.6. The number of likely N-dealkylation sites (tertiary alicyclic amines) is 1. The van der Waals surface area contributed by atoms with Gasteiger partial charge in [-0.3, -0.25) is 4.79 Å². The number of aromatic nitrogens is 3. The van der Waals surface area contributed by atoms with Gasteiger partial charge in [0.15, 0.2) is 0 Å². The molecule has 2 aromatic heterocycles. The van der Waals surface area contributed by atoms with E-state index < -0.39 is 0 Å². The van der Waals surface area contributed by atoms with Gasteiger partial charge in [0, 0.05) is 17.1 Å². The number of amides is 1. The zero-order chi connectivity index (χ0) is 21.5. The van der Waals surface area contributed by atoms with Gasteiger partial charge in [0.25, 0.3) is 5.91 Å². The van der Waals surface area contributed by atoms with Gasteiger partial charge >= 0.3 is 0 Å². The number of halogens is 1. The summed E-state index contributed by atoms with van der Waals surface area (Å²) in [5, 5.41) is 11.1. The highest BCUT2D eigenvalue weighted by atomic mass is 35.5. The Kier molecular flexibility index (Phi) is 5.25. The second kappa shape index (κ2) is 8.07. The molecule has 3 heterocycles. The molecule has 1 amide bonds. The Labute approximate surface area is 188 Å². The number of hydrogen-bond donors (Lipinski definition) is 2. The van der Waals surface area contributed by atoms with Crippen molar-refractivity contribution in [1.29, 1.82) is 0 Å². The van der Waals surface area contributed by atoms with E-state index in [1.807, 2.05) is 54.3 Å². The van der Waals surface area contributed by atoms with Crippen LogP contribution in [0.1, 0.15) is 45.8 Å². The molecule has 1 saturated heterocycles. The SMILES string of the molecule is Cc1nc(C(=O)N2CCCC2c2nc3c(CO)cccc3[nH]2)c(-c2cccc(Cl)c2)s1. The highest BCUT2D eigenvalue weighted by Crippen LogP contribution is 2.37. The number of benzene rings is 2. The summed E-state index contributed by atoms with van der Waals surface area (Å²) >= 11 is 7.69. The van der Waals surface area contributed by atoms with Crippen LogP contribution in [0.4, 0.5) is 0 Å². The minimum absolute atomic E-state index is 0.0734. The quantitative estimate of drug-likeness (QED) is 0.450.